The Kier molecular flexibility index (Phi) is 6.62. The maximum atomic E-state index is 11.8. The van der Waals surface area contributed by atoms with Crippen LogP contribution in [0.2, 0.25) is 0 Å². The number of aromatic carboxylic acids is 1. The zero-order chi connectivity index (χ0) is 17.8. The van der Waals surface area contributed by atoms with Crippen molar-refractivity contribution in [3.05, 3.63) is 20.9 Å². The van der Waals surface area contributed by atoms with Crippen LogP contribution in [0.15, 0.2) is 0 Å². The summed E-state index contributed by atoms with van der Waals surface area (Å²) in [4.78, 5) is 24.5. The second kappa shape index (κ2) is 7.81. The monoisotopic (exact) mass is 341 g/mol. The SMILES string of the molecule is CC.Cc1c(C(=O)O)sc2c1CC(NC(=O)OC(C)(C)C)CC2. The fourth-order valence-corrected chi connectivity index (χ4v) is 3.72. The topological polar surface area (TPSA) is 75.6 Å². The molecule has 1 aliphatic carbocycles. The minimum atomic E-state index is -0.872. The first-order valence-electron chi connectivity index (χ1n) is 8.01. The van der Waals surface area contributed by atoms with E-state index in [1.54, 1.807) is 0 Å². The average Bonchev–Trinajstić information content (AvgIpc) is 2.76. The van der Waals surface area contributed by atoms with Crippen LogP contribution in [-0.4, -0.2) is 28.8 Å². The number of carboxylic acids is 1. The number of rotatable bonds is 2. The number of fused-ring (bicyclic) bond motifs is 1. The number of carboxylic acid groups (broad SMARTS) is 1. The second-order valence-electron chi connectivity index (χ2n) is 6.35. The van der Waals surface area contributed by atoms with Gasteiger partial charge in [-0.05, 0) is 58.1 Å². The number of alkyl carbamates (subject to hydrolysis) is 1. The normalized spacial score (nSPS) is 16.7. The van der Waals surface area contributed by atoms with E-state index in [4.69, 9.17) is 4.74 Å². The van der Waals surface area contributed by atoms with Gasteiger partial charge >= 0.3 is 12.1 Å². The Hall–Kier alpha value is -1.56. The van der Waals surface area contributed by atoms with Crippen molar-refractivity contribution >= 4 is 23.4 Å². The smallest absolute Gasteiger partial charge is 0.407 e. The highest BCUT2D eigenvalue weighted by molar-refractivity contribution is 7.14. The first kappa shape index (κ1) is 19.5. The predicted molar refractivity (Wildman–Crippen MR) is 92.5 cm³/mol. The third kappa shape index (κ3) is 5.23. The van der Waals surface area contributed by atoms with Crippen molar-refractivity contribution in [1.29, 1.82) is 0 Å². The maximum Gasteiger partial charge on any atom is 0.407 e. The van der Waals surface area contributed by atoms with Crippen molar-refractivity contribution in [2.75, 3.05) is 0 Å². The Balaban J connectivity index is 0.00000127. The number of hydrogen-bond acceptors (Lipinski definition) is 4. The van der Waals surface area contributed by atoms with Crippen LogP contribution in [0.25, 0.3) is 0 Å². The molecule has 1 unspecified atom stereocenters. The molecule has 5 nitrogen and oxygen atoms in total. The van der Waals surface area contributed by atoms with Gasteiger partial charge in [0.05, 0.1) is 0 Å². The van der Waals surface area contributed by atoms with Gasteiger partial charge in [-0.3, -0.25) is 0 Å². The van der Waals surface area contributed by atoms with Crippen molar-refractivity contribution in [2.45, 2.75) is 72.4 Å². The summed E-state index contributed by atoms with van der Waals surface area (Å²) in [7, 11) is 0. The van der Waals surface area contributed by atoms with Gasteiger partial charge in [0.15, 0.2) is 0 Å². The quantitative estimate of drug-likeness (QED) is 0.847. The lowest BCUT2D eigenvalue weighted by atomic mass is 9.91. The Morgan fingerprint density at radius 1 is 1.30 bits per heavy atom. The molecule has 0 radical (unpaired) electrons. The number of amides is 1. The molecule has 1 amide bonds. The number of hydrogen-bond donors (Lipinski definition) is 2. The lowest BCUT2D eigenvalue weighted by Crippen LogP contribution is -2.41. The molecule has 1 atom stereocenters. The van der Waals surface area contributed by atoms with Crippen molar-refractivity contribution in [3.8, 4) is 0 Å². The third-order valence-electron chi connectivity index (χ3n) is 3.44. The largest absolute Gasteiger partial charge is 0.477 e. The summed E-state index contributed by atoms with van der Waals surface area (Å²) in [6, 6.07) is 0.00212. The lowest BCUT2D eigenvalue weighted by Gasteiger charge is -2.26. The standard InChI is InChI=1S/C15H21NO4S.C2H6/c1-8-10-7-9(16-14(19)20-15(2,3)4)5-6-11(10)21-12(8)13(17)18;1-2/h9H,5-7H2,1-4H3,(H,16,19)(H,17,18);1-2H3. The van der Waals surface area contributed by atoms with Gasteiger partial charge < -0.3 is 15.2 Å². The maximum absolute atomic E-state index is 11.8. The zero-order valence-corrected chi connectivity index (χ0v) is 15.6. The van der Waals surface area contributed by atoms with Crippen molar-refractivity contribution < 1.29 is 19.4 Å². The number of aryl methyl sites for hydroxylation is 1. The van der Waals surface area contributed by atoms with Gasteiger partial charge in [0.2, 0.25) is 0 Å². The highest BCUT2D eigenvalue weighted by atomic mass is 32.1. The Morgan fingerprint density at radius 3 is 2.43 bits per heavy atom. The van der Waals surface area contributed by atoms with E-state index in [9.17, 15) is 14.7 Å². The Bertz CT molecular complexity index is 572. The number of carbonyl (C=O) groups is 2. The fourth-order valence-electron chi connectivity index (χ4n) is 2.53. The molecule has 6 heteroatoms. The van der Waals surface area contributed by atoms with Crippen LogP contribution in [0, 0.1) is 6.92 Å². The minimum absolute atomic E-state index is 0.00212. The molecule has 23 heavy (non-hydrogen) atoms. The van der Waals surface area contributed by atoms with Gasteiger partial charge in [-0.2, -0.15) is 0 Å². The summed E-state index contributed by atoms with van der Waals surface area (Å²) >= 11 is 1.36. The summed E-state index contributed by atoms with van der Waals surface area (Å²) in [5.74, 6) is -0.872. The van der Waals surface area contributed by atoms with Crippen LogP contribution < -0.4 is 5.32 Å². The van der Waals surface area contributed by atoms with Crippen LogP contribution in [0.1, 0.15) is 66.7 Å². The zero-order valence-electron chi connectivity index (χ0n) is 14.8. The summed E-state index contributed by atoms with van der Waals surface area (Å²) in [6.07, 6.45) is 1.87. The van der Waals surface area contributed by atoms with Gasteiger partial charge in [-0.1, -0.05) is 13.8 Å². The van der Waals surface area contributed by atoms with Crippen LogP contribution in [0.5, 0.6) is 0 Å². The van der Waals surface area contributed by atoms with E-state index in [0.29, 0.717) is 11.3 Å². The van der Waals surface area contributed by atoms with E-state index in [2.05, 4.69) is 5.32 Å². The van der Waals surface area contributed by atoms with E-state index >= 15 is 0 Å². The van der Waals surface area contributed by atoms with Crippen molar-refractivity contribution in [3.63, 3.8) is 0 Å². The first-order chi connectivity index (χ1) is 10.7. The van der Waals surface area contributed by atoms with Gasteiger partial charge in [0.25, 0.3) is 0 Å². The van der Waals surface area contributed by atoms with Gasteiger partial charge in [0, 0.05) is 10.9 Å². The molecule has 0 saturated carbocycles. The minimum Gasteiger partial charge on any atom is -0.477 e. The molecular weight excluding hydrogens is 314 g/mol. The summed E-state index contributed by atoms with van der Waals surface area (Å²) in [6.45, 7) is 11.3. The average molecular weight is 341 g/mol. The molecule has 0 bridgehead atoms. The Morgan fingerprint density at radius 2 is 1.91 bits per heavy atom. The second-order valence-corrected chi connectivity index (χ2v) is 7.45. The van der Waals surface area contributed by atoms with E-state index < -0.39 is 17.7 Å². The van der Waals surface area contributed by atoms with E-state index in [-0.39, 0.29) is 6.04 Å². The van der Waals surface area contributed by atoms with Crippen LogP contribution in [0.3, 0.4) is 0 Å². The predicted octanol–water partition coefficient (Wildman–Crippen LogP) is 4.16. The molecule has 0 saturated heterocycles. The number of thiophene rings is 1. The molecule has 0 fully saturated rings. The molecule has 2 rings (SSSR count). The van der Waals surface area contributed by atoms with Gasteiger partial charge in [0.1, 0.15) is 10.5 Å². The molecule has 0 aromatic carbocycles. The van der Waals surface area contributed by atoms with Gasteiger partial charge in [-0.25, -0.2) is 9.59 Å². The first-order valence-corrected chi connectivity index (χ1v) is 8.83. The number of carbonyl (C=O) groups excluding carboxylic acids is 1. The van der Waals surface area contributed by atoms with Crippen LogP contribution in [-0.2, 0) is 17.6 Å². The highest BCUT2D eigenvalue weighted by Gasteiger charge is 2.28. The Labute approximate surface area is 142 Å². The summed E-state index contributed by atoms with van der Waals surface area (Å²) in [5.41, 5.74) is 1.39. The van der Waals surface area contributed by atoms with Crippen LogP contribution >= 0.6 is 11.3 Å². The van der Waals surface area contributed by atoms with Gasteiger partial charge in [-0.15, -0.1) is 11.3 Å². The van der Waals surface area contributed by atoms with Crippen molar-refractivity contribution in [2.24, 2.45) is 0 Å². The van der Waals surface area contributed by atoms with Crippen LogP contribution in [0.4, 0.5) is 4.79 Å². The number of ether oxygens (including phenoxy) is 1. The summed E-state index contributed by atoms with van der Waals surface area (Å²) < 4.78 is 5.26. The van der Waals surface area contributed by atoms with Crippen molar-refractivity contribution in [1.82, 2.24) is 5.32 Å². The fraction of sp³-hybridized carbons (Fsp3) is 0.647. The molecular formula is C17H27NO4S. The molecule has 2 N–H and O–H groups in total. The lowest BCUT2D eigenvalue weighted by molar-refractivity contribution is 0.0499. The molecule has 0 spiro atoms. The highest BCUT2D eigenvalue weighted by Crippen LogP contribution is 2.34. The summed E-state index contributed by atoms with van der Waals surface area (Å²) in [5, 5.41) is 12.1. The molecule has 1 aliphatic rings. The van der Waals surface area contributed by atoms with E-state index in [1.165, 1.54) is 11.3 Å². The molecule has 0 aliphatic heterocycles. The van der Waals surface area contributed by atoms with E-state index in [1.807, 2.05) is 41.5 Å². The molecule has 1 aromatic rings. The molecule has 1 heterocycles. The third-order valence-corrected chi connectivity index (χ3v) is 4.82. The molecule has 130 valence electrons. The van der Waals surface area contributed by atoms with E-state index in [0.717, 1.165) is 28.8 Å². The molecule has 1 aromatic heterocycles. The number of nitrogens with one attached hydrogen (secondary N) is 1.